The molecule has 1 aromatic carbocycles. The number of rotatable bonds is 2. The van der Waals surface area contributed by atoms with Crippen molar-refractivity contribution < 1.29 is 4.79 Å². The molecular formula is C13H14N4O. The van der Waals surface area contributed by atoms with E-state index in [9.17, 15) is 4.79 Å². The second-order valence-corrected chi connectivity index (χ2v) is 4.48. The Kier molecular flexibility index (Phi) is 2.51. The molecule has 92 valence electrons. The van der Waals surface area contributed by atoms with Crippen molar-refractivity contribution in [3.05, 3.63) is 42.1 Å². The molecular weight excluding hydrogens is 228 g/mol. The fourth-order valence-corrected chi connectivity index (χ4v) is 1.85. The van der Waals surface area contributed by atoms with Crippen molar-refractivity contribution in [2.45, 2.75) is 18.8 Å². The number of hydrogen-bond acceptors (Lipinski definition) is 3. The first-order valence-corrected chi connectivity index (χ1v) is 5.96. The van der Waals surface area contributed by atoms with Gasteiger partial charge in [-0.05, 0) is 25.0 Å². The number of aromatic nitrogens is 2. The predicted molar refractivity (Wildman–Crippen MR) is 69.5 cm³/mol. The third-order valence-electron chi connectivity index (χ3n) is 2.97. The Morgan fingerprint density at radius 3 is 2.72 bits per heavy atom. The summed E-state index contributed by atoms with van der Waals surface area (Å²) in [7, 11) is 0. The van der Waals surface area contributed by atoms with Crippen molar-refractivity contribution in [1.29, 1.82) is 0 Å². The first-order valence-electron chi connectivity index (χ1n) is 5.96. The van der Waals surface area contributed by atoms with E-state index in [0.717, 1.165) is 24.2 Å². The van der Waals surface area contributed by atoms with E-state index < -0.39 is 0 Å². The lowest BCUT2D eigenvalue weighted by atomic mass is 10.3. The van der Waals surface area contributed by atoms with Crippen molar-refractivity contribution in [2.24, 2.45) is 0 Å². The summed E-state index contributed by atoms with van der Waals surface area (Å²) in [6.45, 7) is 0. The van der Waals surface area contributed by atoms with Crippen LogP contribution in [-0.2, 0) is 0 Å². The molecule has 0 aliphatic heterocycles. The molecule has 1 fully saturated rings. The van der Waals surface area contributed by atoms with Gasteiger partial charge >= 0.3 is 6.03 Å². The molecule has 2 aromatic rings. The lowest BCUT2D eigenvalue weighted by Crippen LogP contribution is -2.22. The monoisotopic (exact) mass is 242 g/mol. The number of nitrogens with one attached hydrogen (secondary N) is 1. The molecule has 1 saturated carbocycles. The number of nitrogen functional groups attached to an aromatic ring is 1. The molecule has 1 amide bonds. The number of nitrogens with two attached hydrogens (primary N) is 1. The van der Waals surface area contributed by atoms with Gasteiger partial charge in [-0.3, -0.25) is 0 Å². The Hall–Kier alpha value is -2.30. The van der Waals surface area contributed by atoms with Crippen LogP contribution in [-0.4, -0.2) is 15.8 Å². The molecule has 1 aliphatic carbocycles. The number of benzene rings is 1. The zero-order valence-electron chi connectivity index (χ0n) is 9.84. The summed E-state index contributed by atoms with van der Waals surface area (Å²) in [5.41, 5.74) is 7.44. The lowest BCUT2D eigenvalue weighted by Gasteiger charge is -2.05. The van der Waals surface area contributed by atoms with Crippen LogP contribution in [0.3, 0.4) is 0 Å². The van der Waals surface area contributed by atoms with Crippen molar-refractivity contribution >= 4 is 17.5 Å². The Morgan fingerprint density at radius 1 is 1.33 bits per heavy atom. The third-order valence-corrected chi connectivity index (χ3v) is 2.97. The Bertz CT molecular complexity index is 572. The molecule has 5 nitrogen and oxygen atoms in total. The molecule has 5 heteroatoms. The number of amides is 1. The molecule has 0 saturated heterocycles. The summed E-state index contributed by atoms with van der Waals surface area (Å²) in [6.07, 6.45) is 2.27. The van der Waals surface area contributed by atoms with Gasteiger partial charge in [0.1, 0.15) is 5.82 Å². The lowest BCUT2D eigenvalue weighted by molar-refractivity contribution is 0.251. The molecule has 3 N–H and O–H groups in total. The number of anilines is 2. The van der Waals surface area contributed by atoms with Crippen molar-refractivity contribution in [3.63, 3.8) is 0 Å². The van der Waals surface area contributed by atoms with Crippen LogP contribution in [0.15, 0.2) is 36.4 Å². The molecule has 0 unspecified atom stereocenters. The fraction of sp³-hybridized carbons (Fsp3) is 0.231. The van der Waals surface area contributed by atoms with E-state index in [0.29, 0.717) is 11.7 Å². The summed E-state index contributed by atoms with van der Waals surface area (Å²) in [6, 6.07) is 10.7. The van der Waals surface area contributed by atoms with E-state index in [4.69, 9.17) is 5.73 Å². The van der Waals surface area contributed by atoms with Crippen LogP contribution in [0.25, 0.3) is 0 Å². The molecule has 1 aromatic heterocycles. The second kappa shape index (κ2) is 4.18. The van der Waals surface area contributed by atoms with Crippen LogP contribution < -0.4 is 11.1 Å². The van der Waals surface area contributed by atoms with E-state index in [1.807, 2.05) is 30.3 Å². The van der Waals surface area contributed by atoms with E-state index >= 15 is 0 Å². The maximum atomic E-state index is 12.0. The minimum absolute atomic E-state index is 0.328. The molecule has 3 rings (SSSR count). The summed E-state index contributed by atoms with van der Waals surface area (Å²) < 4.78 is 1.22. The maximum absolute atomic E-state index is 12.0. The van der Waals surface area contributed by atoms with Crippen LogP contribution in [0.2, 0.25) is 0 Å². The Balaban J connectivity index is 1.79. The highest BCUT2D eigenvalue weighted by molar-refractivity contribution is 5.92. The Labute approximate surface area is 105 Å². The average molecular weight is 242 g/mol. The molecule has 0 bridgehead atoms. The largest absolute Gasteiger partial charge is 0.383 e. The first-order chi connectivity index (χ1) is 8.74. The number of hydrogen-bond donors (Lipinski definition) is 2. The minimum Gasteiger partial charge on any atom is -0.383 e. The highest BCUT2D eigenvalue weighted by atomic mass is 16.2. The smallest absolute Gasteiger partial charge is 0.348 e. The summed E-state index contributed by atoms with van der Waals surface area (Å²) in [5, 5.41) is 7.00. The quantitative estimate of drug-likeness (QED) is 0.849. The SMILES string of the molecule is Nc1cc(C2CC2)nn1C(=O)Nc1ccccc1. The van der Waals surface area contributed by atoms with Gasteiger partial charge in [-0.15, -0.1) is 0 Å². The number of carbonyl (C=O) groups excluding carboxylic acids is 1. The highest BCUT2D eigenvalue weighted by Gasteiger charge is 2.27. The number of carbonyl (C=O) groups is 1. The third kappa shape index (κ3) is 2.07. The second-order valence-electron chi connectivity index (χ2n) is 4.48. The molecule has 1 heterocycles. The molecule has 0 spiro atoms. The van der Waals surface area contributed by atoms with Crippen LogP contribution in [0.4, 0.5) is 16.3 Å². The van der Waals surface area contributed by atoms with Gasteiger partial charge in [0.25, 0.3) is 0 Å². The zero-order valence-corrected chi connectivity index (χ0v) is 9.84. The number of nitrogens with zero attached hydrogens (tertiary/aromatic N) is 2. The van der Waals surface area contributed by atoms with Gasteiger partial charge in [0.15, 0.2) is 0 Å². The zero-order chi connectivity index (χ0) is 12.5. The summed E-state index contributed by atoms with van der Waals surface area (Å²) in [5.74, 6) is 0.864. The standard InChI is InChI=1S/C13H14N4O/c14-12-8-11(9-6-7-9)16-17(12)13(18)15-10-4-2-1-3-5-10/h1-5,8-9H,6-7,14H2,(H,15,18). The normalized spacial score (nSPS) is 14.4. The molecule has 1 aliphatic rings. The summed E-state index contributed by atoms with van der Waals surface area (Å²) in [4.78, 5) is 12.0. The average Bonchev–Trinajstić information content (AvgIpc) is 3.14. The maximum Gasteiger partial charge on any atom is 0.348 e. The topological polar surface area (TPSA) is 72.9 Å². The molecule has 0 radical (unpaired) electrons. The van der Waals surface area contributed by atoms with Gasteiger partial charge in [0.05, 0.1) is 5.69 Å². The van der Waals surface area contributed by atoms with Gasteiger partial charge in [0.2, 0.25) is 0 Å². The van der Waals surface area contributed by atoms with Crippen LogP contribution in [0, 0.1) is 0 Å². The van der Waals surface area contributed by atoms with Crippen LogP contribution in [0.1, 0.15) is 24.5 Å². The first kappa shape index (κ1) is 10.8. The summed E-state index contributed by atoms with van der Waals surface area (Å²) >= 11 is 0. The fourth-order valence-electron chi connectivity index (χ4n) is 1.85. The highest BCUT2D eigenvalue weighted by Crippen LogP contribution is 2.39. The van der Waals surface area contributed by atoms with E-state index in [1.165, 1.54) is 4.68 Å². The van der Waals surface area contributed by atoms with E-state index in [2.05, 4.69) is 10.4 Å². The van der Waals surface area contributed by atoms with Gasteiger partial charge in [-0.1, -0.05) is 18.2 Å². The van der Waals surface area contributed by atoms with E-state index in [1.54, 1.807) is 6.07 Å². The van der Waals surface area contributed by atoms with Crippen molar-refractivity contribution in [2.75, 3.05) is 11.1 Å². The van der Waals surface area contributed by atoms with Crippen LogP contribution in [0.5, 0.6) is 0 Å². The van der Waals surface area contributed by atoms with Crippen LogP contribution >= 0.6 is 0 Å². The number of para-hydroxylation sites is 1. The Morgan fingerprint density at radius 2 is 2.06 bits per heavy atom. The van der Waals surface area contributed by atoms with Gasteiger partial charge < -0.3 is 11.1 Å². The van der Waals surface area contributed by atoms with E-state index in [-0.39, 0.29) is 6.03 Å². The predicted octanol–water partition coefficient (Wildman–Crippen LogP) is 2.42. The molecule has 0 atom stereocenters. The van der Waals surface area contributed by atoms with Gasteiger partial charge in [-0.25, -0.2) is 4.79 Å². The van der Waals surface area contributed by atoms with Crippen molar-refractivity contribution in [3.8, 4) is 0 Å². The van der Waals surface area contributed by atoms with Gasteiger partial charge in [-0.2, -0.15) is 9.78 Å². The molecule has 18 heavy (non-hydrogen) atoms. The van der Waals surface area contributed by atoms with Gasteiger partial charge in [0, 0.05) is 17.7 Å². The van der Waals surface area contributed by atoms with Crippen molar-refractivity contribution in [1.82, 2.24) is 9.78 Å². The minimum atomic E-state index is -0.328.